The smallest absolute Gasteiger partial charge is 0 e. The number of hydrogen-bond donors (Lipinski definition) is 0. The molecule has 0 aliphatic carbocycles. The van der Waals surface area contributed by atoms with Crippen molar-refractivity contribution in [3.63, 3.8) is 0 Å². The summed E-state index contributed by atoms with van der Waals surface area (Å²) in [4.78, 5) is 0. The zero-order valence-electron chi connectivity index (χ0n) is 2.78. The zero-order chi connectivity index (χ0) is 2.71. The molecule has 0 fully saturated rings. The second-order valence-corrected chi connectivity index (χ2v) is 1.37. The first-order chi connectivity index (χ1) is 1.41. The molecule has 0 rings (SSSR count). The van der Waals surface area contributed by atoms with E-state index < -0.39 is 0 Å². The maximum atomic E-state index is 3.40. The summed E-state index contributed by atoms with van der Waals surface area (Å²) in [7, 11) is 0. The molecule has 0 atom stereocenters. The van der Waals surface area contributed by atoms with Crippen molar-refractivity contribution in [2.45, 2.75) is 0 Å². The predicted molar refractivity (Wildman–Crippen MR) is 21.7 cm³/mol. The molecule has 0 saturated carbocycles. The van der Waals surface area contributed by atoms with E-state index in [4.69, 9.17) is 0 Å². The van der Waals surface area contributed by atoms with Gasteiger partial charge < -0.3 is 0 Å². The van der Waals surface area contributed by atoms with Crippen molar-refractivity contribution in [2.24, 2.45) is 0 Å². The molecule has 0 heterocycles. The monoisotopic (exact) mass is 154 g/mol. The third-order valence-electron chi connectivity index (χ3n) is 0. The van der Waals surface area contributed by atoms with Gasteiger partial charge >= 0.3 is 33.2 Å². The Morgan fingerprint density at radius 3 is 1.75 bits per heavy atom. The van der Waals surface area contributed by atoms with E-state index in [1.165, 1.54) is 22.5 Å². The molecule has 0 spiro atoms. The fourth-order valence-electron chi connectivity index (χ4n) is 0. The van der Waals surface area contributed by atoms with Crippen LogP contribution in [-0.2, 0) is 0 Å². The number of rotatable bonds is 0. The molecule has 0 aromatic heterocycles. The van der Waals surface area contributed by atoms with Crippen molar-refractivity contribution < 1.29 is 0 Å². The van der Waals surface area contributed by atoms with Crippen molar-refractivity contribution in [3.05, 3.63) is 10.7 Å². The van der Waals surface area contributed by atoms with Crippen molar-refractivity contribution in [3.8, 4) is 0 Å². The van der Waals surface area contributed by atoms with Crippen LogP contribution in [0.4, 0.5) is 0 Å². The molecular formula is C2H3LiSn. The van der Waals surface area contributed by atoms with Gasteiger partial charge in [-0.3, -0.25) is 0 Å². The Morgan fingerprint density at radius 1 is 1.75 bits per heavy atom. The van der Waals surface area contributed by atoms with Gasteiger partial charge in [0.15, 0.2) is 0 Å². The van der Waals surface area contributed by atoms with Crippen molar-refractivity contribution >= 4 is 41.4 Å². The molecule has 4 radical (unpaired) electrons. The second-order valence-electron chi connectivity index (χ2n) is 0.204. The standard InChI is InChI=1S/C2H3.Li.Sn/c1-2;;/h1H,2H2;;. The molecule has 0 unspecified atom stereocenters. The Balaban J connectivity index is 0. The van der Waals surface area contributed by atoms with Crippen LogP contribution in [-0.4, -0.2) is 41.4 Å². The van der Waals surface area contributed by atoms with Gasteiger partial charge in [0, 0.05) is 18.9 Å². The van der Waals surface area contributed by atoms with E-state index >= 15 is 0 Å². The molecule has 0 aromatic carbocycles. The van der Waals surface area contributed by atoms with Crippen LogP contribution in [0.2, 0.25) is 0 Å². The van der Waals surface area contributed by atoms with Crippen molar-refractivity contribution in [1.82, 2.24) is 0 Å². The van der Waals surface area contributed by atoms with Crippen LogP contribution in [0.3, 0.4) is 0 Å². The Hall–Kier alpha value is 1.14. The van der Waals surface area contributed by atoms with Crippen LogP contribution < -0.4 is 0 Å². The molecule has 0 amide bonds. The predicted octanol–water partition coefficient (Wildman–Crippen LogP) is -0.0824. The minimum Gasteiger partial charge on any atom is 0 e. The average molecular weight is 153 g/mol. The van der Waals surface area contributed by atoms with Crippen LogP contribution in [0, 0.1) is 0 Å². The minimum absolute atomic E-state index is 0. The first-order valence-electron chi connectivity index (χ1n) is 0.697. The molecule has 0 bridgehead atoms. The molecule has 0 saturated heterocycles. The van der Waals surface area contributed by atoms with Crippen molar-refractivity contribution in [1.29, 1.82) is 0 Å². The SMILES string of the molecule is C=[CH][Sn].[Li]. The summed E-state index contributed by atoms with van der Waals surface area (Å²) < 4.78 is 1.84. The zero-order valence-corrected chi connectivity index (χ0v) is 5.64. The van der Waals surface area contributed by atoms with E-state index in [0.29, 0.717) is 0 Å². The van der Waals surface area contributed by atoms with Crippen LogP contribution >= 0.6 is 0 Å². The first-order valence-corrected chi connectivity index (χ1v) is 2.34. The van der Waals surface area contributed by atoms with Crippen LogP contribution in [0.15, 0.2) is 10.7 Å². The van der Waals surface area contributed by atoms with Gasteiger partial charge in [0.2, 0.25) is 0 Å². The van der Waals surface area contributed by atoms with Crippen LogP contribution in [0.5, 0.6) is 0 Å². The first kappa shape index (κ1) is 8.93. The van der Waals surface area contributed by atoms with E-state index in [0.717, 1.165) is 0 Å². The van der Waals surface area contributed by atoms with Gasteiger partial charge in [0.05, 0.1) is 0 Å². The maximum Gasteiger partial charge on any atom is 0 e. The molecule has 0 N–H and O–H groups in total. The van der Waals surface area contributed by atoms with E-state index in [1.54, 1.807) is 0 Å². The quantitative estimate of drug-likeness (QED) is 0.426. The summed E-state index contributed by atoms with van der Waals surface area (Å²) in [6.07, 6.45) is 0. The molecule has 4 heavy (non-hydrogen) atoms. The Bertz CT molecular complexity index is 13.5. The summed E-state index contributed by atoms with van der Waals surface area (Å²) in [5.74, 6) is 0. The van der Waals surface area contributed by atoms with Gasteiger partial charge in [0.1, 0.15) is 0 Å². The summed E-state index contributed by atoms with van der Waals surface area (Å²) in [6, 6.07) is 0. The summed E-state index contributed by atoms with van der Waals surface area (Å²) in [5, 5.41) is 0. The Morgan fingerprint density at radius 2 is 1.75 bits per heavy atom. The largest absolute Gasteiger partial charge is 0 e. The summed E-state index contributed by atoms with van der Waals surface area (Å²) in [6.45, 7) is 3.40. The normalized spacial score (nSPS) is 3.25. The van der Waals surface area contributed by atoms with E-state index in [9.17, 15) is 0 Å². The van der Waals surface area contributed by atoms with Gasteiger partial charge in [0.25, 0.3) is 0 Å². The number of hydrogen-bond acceptors (Lipinski definition) is 0. The fourth-order valence-corrected chi connectivity index (χ4v) is 0. The third-order valence-corrected chi connectivity index (χ3v) is 0. The van der Waals surface area contributed by atoms with Gasteiger partial charge in [-0.2, -0.15) is 0 Å². The molecule has 2 heteroatoms. The second kappa shape index (κ2) is 8.92. The van der Waals surface area contributed by atoms with Gasteiger partial charge in [-0.15, -0.1) is 0 Å². The van der Waals surface area contributed by atoms with Crippen LogP contribution in [0.1, 0.15) is 0 Å². The van der Waals surface area contributed by atoms with E-state index in [-0.39, 0.29) is 18.9 Å². The van der Waals surface area contributed by atoms with Crippen molar-refractivity contribution in [2.75, 3.05) is 0 Å². The minimum atomic E-state index is 0. The van der Waals surface area contributed by atoms with E-state index in [2.05, 4.69) is 6.58 Å². The topological polar surface area (TPSA) is 0 Å². The van der Waals surface area contributed by atoms with Crippen LogP contribution in [0.25, 0.3) is 0 Å². The summed E-state index contributed by atoms with van der Waals surface area (Å²) in [5.41, 5.74) is 0. The molecular weight excluding hydrogens is 150 g/mol. The fraction of sp³-hybridized carbons (Fsp3) is 0. The van der Waals surface area contributed by atoms with Gasteiger partial charge in [-0.1, -0.05) is 0 Å². The third kappa shape index (κ3) is 11.1. The summed E-state index contributed by atoms with van der Waals surface area (Å²) >= 11 is 1.40. The van der Waals surface area contributed by atoms with Gasteiger partial charge in [-0.05, 0) is 0 Å². The Kier molecular flexibility index (Phi) is 19.9. The van der Waals surface area contributed by atoms with Gasteiger partial charge in [-0.25, -0.2) is 0 Å². The van der Waals surface area contributed by atoms with E-state index in [1.807, 2.05) is 4.09 Å². The molecule has 16 valence electrons. The molecule has 0 nitrogen and oxygen atoms in total. The average Bonchev–Trinajstić information content (AvgIpc) is 0.918. The maximum absolute atomic E-state index is 3.40. The Labute approximate surface area is 51.9 Å². The molecule has 0 aromatic rings. The molecule has 0 aliphatic rings. The molecule has 0 aliphatic heterocycles.